The number of halogens is 1. The van der Waals surface area contributed by atoms with Crippen LogP contribution in [-0.4, -0.2) is 15.4 Å². The molecule has 0 aromatic heterocycles. The van der Waals surface area contributed by atoms with E-state index in [0.29, 0.717) is 16.1 Å². The molecule has 0 unspecified atom stereocenters. The van der Waals surface area contributed by atoms with Crippen molar-refractivity contribution in [2.45, 2.75) is 13.5 Å². The number of nitrogens with one attached hydrogen (secondary N) is 1. The van der Waals surface area contributed by atoms with Gasteiger partial charge in [0.25, 0.3) is 0 Å². The Labute approximate surface area is 80.4 Å². The molecule has 0 fully saturated rings. The third-order valence-corrected chi connectivity index (χ3v) is 2.25. The minimum absolute atomic E-state index is 0.0335. The number of aromatic hydroxyl groups is 2. The third-order valence-electron chi connectivity index (χ3n) is 1.86. The van der Waals surface area contributed by atoms with Gasteiger partial charge in [0.2, 0.25) is 0 Å². The topological polar surface area (TPSA) is 72.7 Å². The Balaban J connectivity index is 3.28. The number of hydroxylamine groups is 1. The summed E-state index contributed by atoms with van der Waals surface area (Å²) in [7, 11) is 0. The molecule has 72 valence electrons. The molecule has 1 aromatic carbocycles. The number of phenolic OH excluding ortho intramolecular Hbond substituents is 2. The Bertz CT molecular complexity index is 301. The maximum Gasteiger partial charge on any atom is 0.162 e. The van der Waals surface area contributed by atoms with E-state index >= 15 is 0 Å². The van der Waals surface area contributed by atoms with E-state index in [2.05, 4.69) is 0 Å². The van der Waals surface area contributed by atoms with Crippen molar-refractivity contribution in [3.63, 3.8) is 0 Å². The van der Waals surface area contributed by atoms with Crippen molar-refractivity contribution in [2.24, 2.45) is 0 Å². The largest absolute Gasteiger partial charge is 0.504 e. The molecule has 13 heavy (non-hydrogen) atoms. The van der Waals surface area contributed by atoms with E-state index in [4.69, 9.17) is 16.8 Å². The van der Waals surface area contributed by atoms with Gasteiger partial charge in [0.15, 0.2) is 11.5 Å². The molecule has 1 aromatic rings. The minimum Gasteiger partial charge on any atom is -0.504 e. The Morgan fingerprint density at radius 1 is 1.46 bits per heavy atom. The Morgan fingerprint density at radius 2 is 2.08 bits per heavy atom. The van der Waals surface area contributed by atoms with Gasteiger partial charge in [0.05, 0.1) is 0 Å². The lowest BCUT2D eigenvalue weighted by molar-refractivity contribution is 0.160. The molecule has 0 aliphatic carbocycles. The van der Waals surface area contributed by atoms with Crippen LogP contribution in [0.4, 0.5) is 0 Å². The van der Waals surface area contributed by atoms with Crippen LogP contribution < -0.4 is 5.48 Å². The molecule has 0 saturated carbocycles. The summed E-state index contributed by atoms with van der Waals surface area (Å²) in [4.78, 5) is 0. The van der Waals surface area contributed by atoms with E-state index in [1.54, 1.807) is 6.92 Å². The summed E-state index contributed by atoms with van der Waals surface area (Å²) in [6.45, 7) is 1.72. The normalized spacial score (nSPS) is 10.4. The van der Waals surface area contributed by atoms with Gasteiger partial charge in [0, 0.05) is 23.2 Å². The fourth-order valence-electron chi connectivity index (χ4n) is 1.07. The van der Waals surface area contributed by atoms with Gasteiger partial charge in [-0.15, -0.1) is 0 Å². The SMILES string of the molecule is Cc1c(Cl)cc(O)c(O)c1CNO. The summed E-state index contributed by atoms with van der Waals surface area (Å²) in [5.41, 5.74) is 2.90. The maximum atomic E-state index is 9.37. The first-order chi connectivity index (χ1) is 6.07. The molecule has 5 heteroatoms. The molecule has 0 aliphatic heterocycles. The molecular weight excluding hydrogens is 194 g/mol. The standard InChI is InChI=1S/C8H10ClNO3/c1-4-5(3-10-13)8(12)7(11)2-6(4)9/h2,10-13H,3H2,1H3. The summed E-state index contributed by atoms with van der Waals surface area (Å²) in [5.74, 6) is -0.552. The molecule has 0 radical (unpaired) electrons. The van der Waals surface area contributed by atoms with Crippen molar-refractivity contribution in [3.8, 4) is 11.5 Å². The molecule has 1 rings (SSSR count). The lowest BCUT2D eigenvalue weighted by atomic mass is 10.1. The summed E-state index contributed by atoms with van der Waals surface area (Å²) >= 11 is 5.75. The monoisotopic (exact) mass is 203 g/mol. The molecular formula is C8H10ClNO3. The molecule has 0 bridgehead atoms. The Morgan fingerprint density at radius 3 is 2.62 bits per heavy atom. The number of benzene rings is 1. The molecule has 4 nitrogen and oxygen atoms in total. The quantitative estimate of drug-likeness (QED) is 0.435. The van der Waals surface area contributed by atoms with Gasteiger partial charge in [-0.05, 0) is 12.5 Å². The van der Waals surface area contributed by atoms with Gasteiger partial charge in [-0.2, -0.15) is 0 Å². The highest BCUT2D eigenvalue weighted by molar-refractivity contribution is 6.31. The first kappa shape index (κ1) is 10.1. The number of phenols is 2. The van der Waals surface area contributed by atoms with Crippen molar-refractivity contribution < 1.29 is 15.4 Å². The summed E-state index contributed by atoms with van der Waals surface area (Å²) in [6, 6.07) is 1.26. The van der Waals surface area contributed by atoms with Crippen molar-refractivity contribution in [2.75, 3.05) is 0 Å². The molecule has 0 spiro atoms. The molecule has 0 aliphatic rings. The molecule has 0 amide bonds. The average Bonchev–Trinajstić information content (AvgIpc) is 2.09. The highest BCUT2D eigenvalue weighted by atomic mass is 35.5. The predicted octanol–water partition coefficient (Wildman–Crippen LogP) is 1.54. The van der Waals surface area contributed by atoms with E-state index < -0.39 is 0 Å². The summed E-state index contributed by atoms with van der Waals surface area (Å²) in [6.07, 6.45) is 0. The van der Waals surface area contributed by atoms with Gasteiger partial charge in [-0.3, -0.25) is 0 Å². The van der Waals surface area contributed by atoms with Crippen LogP contribution in [0.5, 0.6) is 11.5 Å². The third kappa shape index (κ3) is 1.85. The zero-order valence-electron chi connectivity index (χ0n) is 7.00. The van der Waals surface area contributed by atoms with E-state index in [9.17, 15) is 10.2 Å². The summed E-state index contributed by atoms with van der Waals surface area (Å²) < 4.78 is 0. The second-order valence-electron chi connectivity index (χ2n) is 2.66. The number of hydrogen-bond donors (Lipinski definition) is 4. The van der Waals surface area contributed by atoms with Crippen LogP contribution in [0, 0.1) is 6.92 Å². The van der Waals surface area contributed by atoms with Gasteiger partial charge in [0.1, 0.15) is 0 Å². The first-order valence-corrected chi connectivity index (χ1v) is 4.02. The van der Waals surface area contributed by atoms with Crippen LogP contribution in [-0.2, 0) is 6.54 Å². The molecule has 0 atom stereocenters. The van der Waals surface area contributed by atoms with Crippen LogP contribution in [0.15, 0.2) is 6.07 Å². The van der Waals surface area contributed by atoms with Gasteiger partial charge in [-0.25, -0.2) is 5.48 Å². The zero-order chi connectivity index (χ0) is 10.0. The van der Waals surface area contributed by atoms with Crippen molar-refractivity contribution in [1.82, 2.24) is 5.48 Å². The van der Waals surface area contributed by atoms with Crippen molar-refractivity contribution in [1.29, 1.82) is 0 Å². The van der Waals surface area contributed by atoms with Crippen LogP contribution in [0.25, 0.3) is 0 Å². The smallest absolute Gasteiger partial charge is 0.162 e. The van der Waals surface area contributed by atoms with E-state index in [1.807, 2.05) is 5.48 Å². The van der Waals surface area contributed by atoms with Crippen LogP contribution in [0.1, 0.15) is 11.1 Å². The van der Waals surface area contributed by atoms with Gasteiger partial charge in [-0.1, -0.05) is 11.6 Å². The lowest BCUT2D eigenvalue weighted by Crippen LogP contribution is -2.08. The average molecular weight is 204 g/mol. The fraction of sp³-hybridized carbons (Fsp3) is 0.250. The highest BCUT2D eigenvalue weighted by Gasteiger charge is 2.12. The van der Waals surface area contributed by atoms with Crippen LogP contribution in [0.3, 0.4) is 0 Å². The second-order valence-corrected chi connectivity index (χ2v) is 3.07. The predicted molar refractivity (Wildman–Crippen MR) is 48.1 cm³/mol. The lowest BCUT2D eigenvalue weighted by Gasteiger charge is -2.10. The van der Waals surface area contributed by atoms with Gasteiger partial charge >= 0.3 is 0 Å². The zero-order valence-corrected chi connectivity index (χ0v) is 7.76. The first-order valence-electron chi connectivity index (χ1n) is 3.64. The number of hydrogen-bond acceptors (Lipinski definition) is 4. The maximum absolute atomic E-state index is 9.37. The summed E-state index contributed by atoms with van der Waals surface area (Å²) in [5, 5.41) is 27.4. The Kier molecular flexibility index (Phi) is 2.98. The Hall–Kier alpha value is -0.970. The fourth-order valence-corrected chi connectivity index (χ4v) is 1.29. The second kappa shape index (κ2) is 3.83. The van der Waals surface area contributed by atoms with E-state index in [-0.39, 0.29) is 18.0 Å². The van der Waals surface area contributed by atoms with Gasteiger partial charge < -0.3 is 15.4 Å². The minimum atomic E-state index is -0.291. The number of rotatable bonds is 2. The van der Waals surface area contributed by atoms with E-state index in [0.717, 1.165) is 0 Å². The van der Waals surface area contributed by atoms with Crippen LogP contribution >= 0.6 is 11.6 Å². The van der Waals surface area contributed by atoms with Crippen LogP contribution in [0.2, 0.25) is 5.02 Å². The molecule has 4 N–H and O–H groups in total. The van der Waals surface area contributed by atoms with E-state index in [1.165, 1.54) is 6.07 Å². The molecule has 0 saturated heterocycles. The van der Waals surface area contributed by atoms with Crippen molar-refractivity contribution >= 4 is 11.6 Å². The molecule has 0 heterocycles. The highest BCUT2D eigenvalue weighted by Crippen LogP contribution is 2.35. The van der Waals surface area contributed by atoms with Crippen molar-refractivity contribution in [3.05, 3.63) is 22.2 Å².